The lowest BCUT2D eigenvalue weighted by Gasteiger charge is -1.97. The van der Waals surface area contributed by atoms with Crippen LogP contribution in [0.15, 0.2) is 0 Å². The van der Waals surface area contributed by atoms with Crippen LogP contribution in [0.2, 0.25) is 0 Å². The van der Waals surface area contributed by atoms with Gasteiger partial charge in [0, 0.05) is 12.2 Å². The Morgan fingerprint density at radius 1 is 1.88 bits per heavy atom. The highest BCUT2D eigenvalue weighted by Crippen LogP contribution is 2.06. The van der Waals surface area contributed by atoms with E-state index in [4.69, 9.17) is 21.1 Å². The van der Waals surface area contributed by atoms with Crippen LogP contribution in [0.25, 0.3) is 0 Å². The van der Waals surface area contributed by atoms with Gasteiger partial charge in [-0.25, -0.2) is 0 Å². The van der Waals surface area contributed by atoms with Gasteiger partial charge in [0.2, 0.25) is 0 Å². The van der Waals surface area contributed by atoms with Gasteiger partial charge >= 0.3 is 5.24 Å². The lowest BCUT2D eigenvalue weighted by Crippen LogP contribution is -2.10. The van der Waals surface area contributed by atoms with Crippen LogP contribution in [0.1, 0.15) is 0 Å². The van der Waals surface area contributed by atoms with Gasteiger partial charge in [-0.1, -0.05) is 0 Å². The lowest BCUT2D eigenvalue weighted by molar-refractivity contribution is 0.256. The highest BCUT2D eigenvalue weighted by atomic mass is 35.5. The summed E-state index contributed by atoms with van der Waals surface area (Å²) < 4.78 is 9.67. The molecule has 0 radical (unpaired) electrons. The number of thiocarbonyl (C=S) groups is 1. The lowest BCUT2D eigenvalue weighted by atomic mass is 10.4. The molecule has 2 nitrogen and oxygen atoms in total. The Bertz CT molecular complexity index is 106. The first-order valence-corrected chi connectivity index (χ1v) is 3.16. The van der Waals surface area contributed by atoms with E-state index >= 15 is 0 Å². The fourth-order valence-corrected chi connectivity index (χ4v) is 0.797. The quantitative estimate of drug-likeness (QED) is 0.411. The molecule has 1 rings (SSSR count). The average molecular weight is 153 g/mol. The predicted octanol–water partition coefficient (Wildman–Crippen LogP) is 0.925. The Labute approximate surface area is 57.7 Å². The van der Waals surface area contributed by atoms with Crippen molar-refractivity contribution in [3.8, 4) is 0 Å². The number of ether oxygens (including phenoxy) is 2. The van der Waals surface area contributed by atoms with Gasteiger partial charge in [-0.15, -0.1) is 11.6 Å². The van der Waals surface area contributed by atoms with Crippen LogP contribution in [0.3, 0.4) is 0 Å². The van der Waals surface area contributed by atoms with E-state index < -0.39 is 0 Å². The molecule has 0 aromatic heterocycles. The van der Waals surface area contributed by atoms with E-state index in [-0.39, 0.29) is 11.3 Å². The molecule has 4 heteroatoms. The Balaban J connectivity index is 2.32. The Morgan fingerprint density at radius 2 is 2.62 bits per heavy atom. The molecule has 46 valence electrons. The monoisotopic (exact) mass is 152 g/mol. The largest absolute Gasteiger partial charge is 0.453 e. The summed E-state index contributed by atoms with van der Waals surface area (Å²) >= 11 is 9.97. The Morgan fingerprint density at radius 3 is 2.88 bits per heavy atom. The summed E-state index contributed by atoms with van der Waals surface area (Å²) in [4.78, 5) is 0. The normalized spacial score (nSPS) is 27.1. The van der Waals surface area contributed by atoms with Gasteiger partial charge in [-0.3, -0.25) is 0 Å². The molecule has 0 aliphatic carbocycles. The summed E-state index contributed by atoms with van der Waals surface area (Å²) in [6.45, 7) is 0.502. The smallest absolute Gasteiger partial charge is 0.352 e. The highest BCUT2D eigenvalue weighted by Gasteiger charge is 2.19. The van der Waals surface area contributed by atoms with Crippen molar-refractivity contribution in [3.63, 3.8) is 0 Å². The van der Waals surface area contributed by atoms with Crippen molar-refractivity contribution in [3.05, 3.63) is 0 Å². The zero-order valence-electron chi connectivity index (χ0n) is 4.09. The van der Waals surface area contributed by atoms with Crippen LogP contribution in [-0.2, 0) is 9.47 Å². The molecule has 0 N–H and O–H groups in total. The fourth-order valence-electron chi connectivity index (χ4n) is 0.441. The fraction of sp³-hybridized carbons (Fsp3) is 0.750. The van der Waals surface area contributed by atoms with Crippen LogP contribution >= 0.6 is 23.8 Å². The van der Waals surface area contributed by atoms with E-state index in [0.717, 1.165) is 0 Å². The van der Waals surface area contributed by atoms with Crippen molar-refractivity contribution >= 4 is 29.1 Å². The van der Waals surface area contributed by atoms with Crippen molar-refractivity contribution < 1.29 is 9.47 Å². The Hall–Kier alpha value is -0.0200. The summed E-state index contributed by atoms with van der Waals surface area (Å²) in [5.74, 6) is 0.445. The van der Waals surface area contributed by atoms with Gasteiger partial charge in [0.05, 0.1) is 5.88 Å². The minimum atomic E-state index is -0.0239. The third kappa shape index (κ3) is 1.23. The summed E-state index contributed by atoms with van der Waals surface area (Å²) in [5.41, 5.74) is 0. The van der Waals surface area contributed by atoms with E-state index in [1.165, 1.54) is 0 Å². The topological polar surface area (TPSA) is 18.5 Å². The summed E-state index contributed by atoms with van der Waals surface area (Å²) in [6.07, 6.45) is -0.0239. The zero-order chi connectivity index (χ0) is 5.98. The first kappa shape index (κ1) is 6.11. The number of hydrogen-bond acceptors (Lipinski definition) is 3. The molecule has 1 saturated heterocycles. The first-order chi connectivity index (χ1) is 3.83. The molecule has 1 aliphatic rings. The second-order valence-corrected chi connectivity index (χ2v) is 2.10. The van der Waals surface area contributed by atoms with E-state index in [1.807, 2.05) is 0 Å². The third-order valence-corrected chi connectivity index (χ3v) is 1.38. The van der Waals surface area contributed by atoms with Crippen molar-refractivity contribution in [1.29, 1.82) is 0 Å². The van der Waals surface area contributed by atoms with Gasteiger partial charge in [0.1, 0.15) is 6.61 Å². The molecule has 1 atom stereocenters. The van der Waals surface area contributed by atoms with Crippen molar-refractivity contribution in [2.75, 3.05) is 12.5 Å². The van der Waals surface area contributed by atoms with Crippen molar-refractivity contribution in [2.24, 2.45) is 0 Å². The molecule has 1 fully saturated rings. The van der Waals surface area contributed by atoms with Gasteiger partial charge in [0.15, 0.2) is 6.10 Å². The molecule has 8 heavy (non-hydrogen) atoms. The molecule has 0 bridgehead atoms. The molecule has 0 saturated carbocycles. The molecule has 0 amide bonds. The van der Waals surface area contributed by atoms with Gasteiger partial charge in [-0.2, -0.15) is 0 Å². The summed E-state index contributed by atoms with van der Waals surface area (Å²) in [7, 11) is 0. The number of rotatable bonds is 1. The predicted molar refractivity (Wildman–Crippen MR) is 34.1 cm³/mol. The molecule has 1 aliphatic heterocycles. The van der Waals surface area contributed by atoms with Crippen LogP contribution in [0, 0.1) is 0 Å². The number of hydrogen-bond donors (Lipinski definition) is 0. The third-order valence-electron chi connectivity index (χ3n) is 0.822. The molecular weight excluding hydrogens is 148 g/mol. The second-order valence-electron chi connectivity index (χ2n) is 1.46. The number of halogens is 1. The zero-order valence-corrected chi connectivity index (χ0v) is 5.67. The van der Waals surface area contributed by atoms with Crippen molar-refractivity contribution in [2.45, 2.75) is 6.10 Å². The summed E-state index contributed by atoms with van der Waals surface area (Å²) in [5, 5.41) is 0.218. The van der Waals surface area contributed by atoms with E-state index in [2.05, 4.69) is 12.2 Å². The molecular formula is C4H5ClO2S. The van der Waals surface area contributed by atoms with Crippen molar-refractivity contribution in [1.82, 2.24) is 0 Å². The van der Waals surface area contributed by atoms with Crippen LogP contribution in [0.4, 0.5) is 0 Å². The van der Waals surface area contributed by atoms with Crippen LogP contribution < -0.4 is 0 Å². The maximum atomic E-state index is 5.41. The molecule has 1 heterocycles. The maximum absolute atomic E-state index is 5.41. The Kier molecular flexibility index (Phi) is 1.91. The minimum Gasteiger partial charge on any atom is -0.453 e. The first-order valence-electron chi connectivity index (χ1n) is 2.22. The summed E-state index contributed by atoms with van der Waals surface area (Å²) in [6, 6.07) is 0. The standard InChI is InChI=1S/C4H5ClO2S/c5-1-3-2-6-4(8)7-3/h3H,1-2H2/t3-/m1/s1. The van der Waals surface area contributed by atoms with Crippen LogP contribution in [-0.4, -0.2) is 23.8 Å². The molecule has 0 aromatic rings. The van der Waals surface area contributed by atoms with Gasteiger partial charge in [-0.05, 0) is 0 Å². The average Bonchev–Trinajstić information content (AvgIpc) is 2.14. The maximum Gasteiger partial charge on any atom is 0.352 e. The molecule has 0 unspecified atom stereocenters. The second kappa shape index (κ2) is 2.51. The number of alkyl halides is 1. The van der Waals surface area contributed by atoms with E-state index in [9.17, 15) is 0 Å². The van der Waals surface area contributed by atoms with Crippen LogP contribution in [0.5, 0.6) is 0 Å². The van der Waals surface area contributed by atoms with E-state index in [1.54, 1.807) is 0 Å². The minimum absolute atomic E-state index is 0.0239. The molecule has 0 spiro atoms. The van der Waals surface area contributed by atoms with Gasteiger partial charge in [0.25, 0.3) is 0 Å². The SMILES string of the molecule is S=C1OC[C@@H](CCl)O1. The van der Waals surface area contributed by atoms with E-state index in [0.29, 0.717) is 12.5 Å². The van der Waals surface area contributed by atoms with Gasteiger partial charge < -0.3 is 9.47 Å². The molecule has 0 aromatic carbocycles. The highest BCUT2D eigenvalue weighted by molar-refractivity contribution is 7.79.